The number of halogens is 2. The van der Waals surface area contributed by atoms with Crippen molar-refractivity contribution in [3.63, 3.8) is 0 Å². The van der Waals surface area contributed by atoms with Crippen LogP contribution in [-0.2, 0) is 15.0 Å². The molecule has 0 unspecified atom stereocenters. The molecule has 1 aromatic rings. The Morgan fingerprint density at radius 1 is 1.21 bits per heavy atom. The summed E-state index contributed by atoms with van der Waals surface area (Å²) in [6.07, 6.45) is -0.406. The number of carbonyl (C=O) groups is 1. The summed E-state index contributed by atoms with van der Waals surface area (Å²) in [5, 5.41) is 0. The monoisotopic (exact) mass is 422 g/mol. The van der Waals surface area contributed by atoms with Crippen molar-refractivity contribution in [3.05, 3.63) is 22.7 Å². The number of amides is 1. The van der Waals surface area contributed by atoms with Crippen molar-refractivity contribution in [2.45, 2.75) is 31.3 Å². The van der Waals surface area contributed by atoms with Crippen LogP contribution < -0.4 is 4.90 Å². The third-order valence-corrected chi connectivity index (χ3v) is 4.80. The van der Waals surface area contributed by atoms with Gasteiger partial charge in [-0.25, -0.2) is 4.79 Å². The second-order valence-electron chi connectivity index (χ2n) is 6.50. The zero-order valence-electron chi connectivity index (χ0n) is 13.8. The zero-order chi connectivity index (χ0) is 18.1. The maximum Gasteiger partial charge on any atom is 0.410 e. The first-order chi connectivity index (χ1) is 11.0. The topological polar surface area (TPSA) is 66.9 Å². The number of nitrogens with zero attached hydrogens (tertiary/aromatic N) is 2. The predicted octanol–water partition coefficient (Wildman–Crippen LogP) is 3.16. The van der Waals surface area contributed by atoms with Gasteiger partial charge in [0.2, 0.25) is 0 Å². The first-order valence-corrected chi connectivity index (χ1v) is 9.62. The smallest absolute Gasteiger partial charge is 0.410 e. The fraction of sp³-hybridized carbons (Fsp3) is 0.533. The largest absolute Gasteiger partial charge is 0.444 e. The van der Waals surface area contributed by atoms with E-state index in [0.717, 1.165) is 0 Å². The Balaban J connectivity index is 2.12. The molecule has 134 valence electrons. The number of hydrogen-bond acceptors (Lipinski definition) is 5. The van der Waals surface area contributed by atoms with Crippen LogP contribution >= 0.6 is 15.9 Å². The summed E-state index contributed by atoms with van der Waals surface area (Å²) >= 11 is 3.15. The molecule has 0 radical (unpaired) electrons. The number of piperazine rings is 1. The van der Waals surface area contributed by atoms with Gasteiger partial charge in [-0.1, -0.05) is 15.9 Å². The lowest BCUT2D eigenvalue weighted by Gasteiger charge is -2.37. The molecule has 6 nitrogen and oxygen atoms in total. The maximum absolute atomic E-state index is 13.5. The van der Waals surface area contributed by atoms with Gasteiger partial charge in [0.05, 0.1) is 5.69 Å². The van der Waals surface area contributed by atoms with Crippen molar-refractivity contribution in [2.24, 2.45) is 0 Å². The predicted molar refractivity (Wildman–Crippen MR) is 92.5 cm³/mol. The first kappa shape index (κ1) is 19.0. The summed E-state index contributed by atoms with van der Waals surface area (Å²) in [5.74, 6) is 0. The van der Waals surface area contributed by atoms with E-state index in [2.05, 4.69) is 15.9 Å². The van der Waals surface area contributed by atoms with Gasteiger partial charge in [0.15, 0.2) is 0 Å². The van der Waals surface area contributed by atoms with Gasteiger partial charge < -0.3 is 14.5 Å². The Kier molecular flexibility index (Phi) is 5.44. The SMILES string of the molecule is CC(C)(C)OC(=O)N1CCN(c2ccc(Br)cc2S(=O)(=O)F)CC1. The van der Waals surface area contributed by atoms with E-state index in [0.29, 0.717) is 36.3 Å². The van der Waals surface area contributed by atoms with Crippen molar-refractivity contribution in [1.29, 1.82) is 0 Å². The molecule has 1 fully saturated rings. The lowest BCUT2D eigenvalue weighted by molar-refractivity contribution is 0.0240. The fourth-order valence-electron chi connectivity index (χ4n) is 2.40. The van der Waals surface area contributed by atoms with Crippen LogP contribution in [0.15, 0.2) is 27.6 Å². The Labute approximate surface area is 149 Å². The number of anilines is 1. The van der Waals surface area contributed by atoms with E-state index in [9.17, 15) is 17.1 Å². The standard InChI is InChI=1S/C15H20BrFN2O4S/c1-15(2,3)23-14(20)19-8-6-18(7-9-19)12-5-4-11(16)10-13(12)24(17,21)22/h4-5,10H,6-9H2,1-3H3. The minimum Gasteiger partial charge on any atom is -0.444 e. The number of ether oxygens (including phenoxy) is 1. The molecule has 0 bridgehead atoms. The van der Waals surface area contributed by atoms with E-state index in [4.69, 9.17) is 4.74 Å². The molecule has 0 aliphatic carbocycles. The highest BCUT2D eigenvalue weighted by Gasteiger charge is 2.28. The Morgan fingerprint density at radius 2 is 1.79 bits per heavy atom. The van der Waals surface area contributed by atoms with Gasteiger partial charge in [-0.05, 0) is 39.0 Å². The van der Waals surface area contributed by atoms with E-state index in [-0.39, 0.29) is 4.90 Å². The van der Waals surface area contributed by atoms with Gasteiger partial charge in [0, 0.05) is 30.7 Å². The molecule has 1 aliphatic rings. The van der Waals surface area contributed by atoms with Gasteiger partial charge in [-0.3, -0.25) is 0 Å². The number of rotatable bonds is 2. The lowest BCUT2D eigenvalue weighted by atomic mass is 10.2. The molecule has 1 aliphatic heterocycles. The number of hydrogen-bond donors (Lipinski definition) is 0. The van der Waals surface area contributed by atoms with Crippen molar-refractivity contribution < 1.29 is 21.8 Å². The second-order valence-corrected chi connectivity index (χ2v) is 8.74. The van der Waals surface area contributed by atoms with Gasteiger partial charge in [-0.15, -0.1) is 3.89 Å². The summed E-state index contributed by atoms with van der Waals surface area (Å²) in [4.78, 5) is 15.0. The van der Waals surface area contributed by atoms with Crippen LogP contribution in [-0.4, -0.2) is 51.2 Å². The number of benzene rings is 1. The zero-order valence-corrected chi connectivity index (χ0v) is 16.2. The minimum absolute atomic E-state index is 0.296. The molecule has 0 spiro atoms. The summed E-state index contributed by atoms with van der Waals surface area (Å²) < 4.78 is 42.1. The van der Waals surface area contributed by atoms with E-state index in [1.807, 2.05) is 0 Å². The van der Waals surface area contributed by atoms with E-state index in [1.165, 1.54) is 6.07 Å². The average molecular weight is 423 g/mol. The van der Waals surface area contributed by atoms with Crippen molar-refractivity contribution in [3.8, 4) is 0 Å². The molecule has 0 aromatic heterocycles. The van der Waals surface area contributed by atoms with Crippen LogP contribution in [0.25, 0.3) is 0 Å². The van der Waals surface area contributed by atoms with Crippen LogP contribution in [0, 0.1) is 0 Å². The van der Waals surface area contributed by atoms with Crippen molar-refractivity contribution in [1.82, 2.24) is 4.90 Å². The quantitative estimate of drug-likeness (QED) is 0.684. The van der Waals surface area contributed by atoms with Crippen LogP contribution in [0.2, 0.25) is 0 Å². The molecule has 0 saturated carbocycles. The summed E-state index contributed by atoms with van der Waals surface area (Å²) in [5.41, 5.74) is -0.278. The molecular formula is C15H20BrFN2O4S. The second kappa shape index (κ2) is 6.87. The van der Waals surface area contributed by atoms with Gasteiger partial charge in [-0.2, -0.15) is 8.42 Å². The van der Waals surface area contributed by atoms with Gasteiger partial charge in [0.25, 0.3) is 0 Å². The maximum atomic E-state index is 13.5. The Bertz CT molecular complexity index is 725. The number of carbonyl (C=O) groups excluding carboxylic acids is 1. The molecule has 24 heavy (non-hydrogen) atoms. The molecule has 1 aromatic carbocycles. The van der Waals surface area contributed by atoms with E-state index < -0.39 is 21.9 Å². The lowest BCUT2D eigenvalue weighted by Crippen LogP contribution is -2.50. The Morgan fingerprint density at radius 3 is 2.29 bits per heavy atom. The molecule has 9 heteroatoms. The van der Waals surface area contributed by atoms with Crippen molar-refractivity contribution in [2.75, 3.05) is 31.1 Å². The van der Waals surface area contributed by atoms with Gasteiger partial charge in [0.1, 0.15) is 10.5 Å². The summed E-state index contributed by atoms with van der Waals surface area (Å²) in [6, 6.07) is 4.45. The molecule has 0 atom stereocenters. The highest BCUT2D eigenvalue weighted by molar-refractivity contribution is 9.10. The molecule has 2 rings (SSSR count). The van der Waals surface area contributed by atoms with Crippen LogP contribution in [0.4, 0.5) is 14.4 Å². The van der Waals surface area contributed by atoms with Crippen molar-refractivity contribution >= 4 is 37.9 Å². The highest BCUT2D eigenvalue weighted by Crippen LogP contribution is 2.30. The highest BCUT2D eigenvalue weighted by atomic mass is 79.9. The molecule has 1 amide bonds. The summed E-state index contributed by atoms with van der Waals surface area (Å²) in [7, 11) is -4.84. The third-order valence-electron chi connectivity index (χ3n) is 3.46. The van der Waals surface area contributed by atoms with Crippen LogP contribution in [0.1, 0.15) is 20.8 Å². The first-order valence-electron chi connectivity index (χ1n) is 7.44. The summed E-state index contributed by atoms with van der Waals surface area (Å²) in [6.45, 7) is 6.91. The van der Waals surface area contributed by atoms with Crippen LogP contribution in [0.3, 0.4) is 0 Å². The molecule has 1 saturated heterocycles. The van der Waals surface area contributed by atoms with Crippen LogP contribution in [0.5, 0.6) is 0 Å². The molecule has 0 N–H and O–H groups in total. The minimum atomic E-state index is -4.84. The molecular weight excluding hydrogens is 403 g/mol. The Hall–Kier alpha value is -1.35. The molecule has 1 heterocycles. The normalized spacial score (nSPS) is 16.2. The fourth-order valence-corrected chi connectivity index (χ4v) is 3.63. The third kappa shape index (κ3) is 4.83. The average Bonchev–Trinajstić information content (AvgIpc) is 2.44. The van der Waals surface area contributed by atoms with E-state index in [1.54, 1.807) is 42.7 Å². The van der Waals surface area contributed by atoms with E-state index >= 15 is 0 Å². The van der Waals surface area contributed by atoms with Gasteiger partial charge >= 0.3 is 16.3 Å².